The largest absolute Gasteiger partial charge is 0.448 e. The Hall–Kier alpha value is 0.260. The Bertz CT molecular complexity index is 306. The first-order chi connectivity index (χ1) is 8.18. The molecule has 0 saturated carbocycles. The third kappa shape index (κ3) is 3.64. The third-order valence-electron chi connectivity index (χ3n) is 3.65. The first-order valence-electron chi connectivity index (χ1n) is 5.77. The van der Waals surface area contributed by atoms with Crippen molar-refractivity contribution in [3.05, 3.63) is 0 Å². The number of ether oxygens (including phenoxy) is 2. The molecule has 1 aliphatic heterocycles. The minimum absolute atomic E-state index is 0.0375. The van der Waals surface area contributed by atoms with E-state index in [9.17, 15) is 5.11 Å². The number of hydrogen-bond donors (Lipinski definition) is 2. The molecule has 0 amide bonds. The molecular formula is C11H18Cl3NO3. The molecule has 0 radical (unpaired) electrons. The van der Waals surface area contributed by atoms with Crippen molar-refractivity contribution < 1.29 is 14.6 Å². The van der Waals surface area contributed by atoms with Gasteiger partial charge in [-0.3, -0.25) is 5.41 Å². The Labute approximate surface area is 122 Å². The van der Waals surface area contributed by atoms with Crippen LogP contribution in [0.5, 0.6) is 0 Å². The fourth-order valence-corrected chi connectivity index (χ4v) is 2.15. The third-order valence-corrected chi connectivity index (χ3v) is 4.17. The van der Waals surface area contributed by atoms with E-state index in [2.05, 4.69) is 6.92 Å². The molecule has 0 aromatic heterocycles. The van der Waals surface area contributed by atoms with Crippen LogP contribution in [0.4, 0.5) is 0 Å². The lowest BCUT2D eigenvalue weighted by Crippen LogP contribution is -2.48. The summed E-state index contributed by atoms with van der Waals surface area (Å²) in [6, 6.07) is 0. The summed E-state index contributed by atoms with van der Waals surface area (Å²) in [6.07, 6.45) is -1.01. The van der Waals surface area contributed by atoms with Crippen LogP contribution in [0.3, 0.4) is 0 Å². The molecule has 1 rings (SSSR count). The summed E-state index contributed by atoms with van der Waals surface area (Å²) in [4.78, 5) is 0. The van der Waals surface area contributed by atoms with Crippen molar-refractivity contribution in [2.45, 2.75) is 37.0 Å². The molecule has 1 heterocycles. The molecule has 1 fully saturated rings. The van der Waals surface area contributed by atoms with Crippen molar-refractivity contribution in [2.24, 2.45) is 17.8 Å². The fraction of sp³-hybridized carbons (Fsp3) is 0.909. The zero-order chi connectivity index (χ0) is 14.1. The van der Waals surface area contributed by atoms with Crippen LogP contribution >= 0.6 is 34.8 Å². The minimum Gasteiger partial charge on any atom is -0.448 e. The van der Waals surface area contributed by atoms with Gasteiger partial charge in [0, 0.05) is 5.92 Å². The summed E-state index contributed by atoms with van der Waals surface area (Å²) in [6.45, 7) is 5.92. The highest BCUT2D eigenvalue weighted by atomic mass is 35.6. The normalized spacial score (nSPS) is 37.4. The van der Waals surface area contributed by atoms with Gasteiger partial charge in [-0.25, -0.2) is 0 Å². The molecule has 1 saturated heterocycles. The number of aliphatic hydroxyl groups is 1. The summed E-state index contributed by atoms with van der Waals surface area (Å²) in [7, 11) is 0. The Kier molecular flexibility index (Phi) is 5.57. The van der Waals surface area contributed by atoms with E-state index < -0.39 is 16.0 Å². The van der Waals surface area contributed by atoms with Crippen LogP contribution in [0.2, 0.25) is 0 Å². The number of aliphatic hydroxyl groups excluding tert-OH is 1. The number of nitrogens with one attached hydrogen (secondary N) is 1. The van der Waals surface area contributed by atoms with Gasteiger partial charge in [0.15, 0.2) is 0 Å². The second kappa shape index (κ2) is 6.14. The summed E-state index contributed by atoms with van der Waals surface area (Å²) >= 11 is 16.7. The van der Waals surface area contributed by atoms with Gasteiger partial charge in [-0.1, -0.05) is 55.6 Å². The van der Waals surface area contributed by atoms with Gasteiger partial charge in [0.05, 0.1) is 12.7 Å². The maximum atomic E-state index is 9.26. The molecule has 3 unspecified atom stereocenters. The quantitative estimate of drug-likeness (QED) is 0.467. The zero-order valence-electron chi connectivity index (χ0n) is 10.5. The van der Waals surface area contributed by atoms with Crippen molar-refractivity contribution >= 4 is 40.7 Å². The fourth-order valence-electron chi connectivity index (χ4n) is 2.01. The smallest absolute Gasteiger partial charge is 0.265 e. The SMILES string of the molecule is CC1C(C)[C@H](C)C(CO)O[C@@H]1OC(=N)C(Cl)(Cl)Cl. The lowest BCUT2D eigenvalue weighted by molar-refractivity contribution is -0.225. The highest BCUT2D eigenvalue weighted by Crippen LogP contribution is 2.37. The van der Waals surface area contributed by atoms with Gasteiger partial charge < -0.3 is 14.6 Å². The summed E-state index contributed by atoms with van der Waals surface area (Å²) < 4.78 is 8.98. The summed E-state index contributed by atoms with van der Waals surface area (Å²) in [5, 5.41) is 16.8. The van der Waals surface area contributed by atoms with Crippen LogP contribution in [0, 0.1) is 23.2 Å². The Morgan fingerprint density at radius 1 is 1.22 bits per heavy atom. The highest BCUT2D eigenvalue weighted by molar-refractivity contribution is 6.76. The van der Waals surface area contributed by atoms with E-state index in [0.717, 1.165) is 0 Å². The zero-order valence-corrected chi connectivity index (χ0v) is 12.8. The van der Waals surface area contributed by atoms with Crippen molar-refractivity contribution in [1.82, 2.24) is 0 Å². The Balaban J connectivity index is 2.74. The van der Waals surface area contributed by atoms with Gasteiger partial charge in [-0.05, 0) is 11.8 Å². The Morgan fingerprint density at radius 3 is 2.22 bits per heavy atom. The molecule has 0 aromatic carbocycles. The molecule has 0 bridgehead atoms. The van der Waals surface area contributed by atoms with Gasteiger partial charge in [0.25, 0.3) is 3.79 Å². The van der Waals surface area contributed by atoms with Crippen molar-refractivity contribution in [1.29, 1.82) is 5.41 Å². The second-order valence-corrected chi connectivity index (χ2v) is 7.03. The Morgan fingerprint density at radius 2 is 1.78 bits per heavy atom. The van der Waals surface area contributed by atoms with E-state index >= 15 is 0 Å². The number of alkyl halides is 3. The minimum atomic E-state index is -1.90. The highest BCUT2D eigenvalue weighted by Gasteiger charge is 2.42. The first-order valence-corrected chi connectivity index (χ1v) is 6.90. The monoisotopic (exact) mass is 317 g/mol. The molecule has 1 aliphatic rings. The summed E-state index contributed by atoms with van der Waals surface area (Å²) in [5.74, 6) is 0.0363. The number of rotatable bonds is 2. The van der Waals surface area contributed by atoms with E-state index in [1.165, 1.54) is 0 Å². The van der Waals surface area contributed by atoms with Crippen LogP contribution in [-0.4, -0.2) is 33.8 Å². The van der Waals surface area contributed by atoms with E-state index in [-0.39, 0.29) is 30.5 Å². The van der Waals surface area contributed by atoms with Crippen LogP contribution in [0.25, 0.3) is 0 Å². The molecule has 0 spiro atoms. The van der Waals surface area contributed by atoms with Gasteiger partial charge in [0.1, 0.15) is 0 Å². The topological polar surface area (TPSA) is 62.5 Å². The predicted molar refractivity (Wildman–Crippen MR) is 72.3 cm³/mol. The molecule has 5 atom stereocenters. The molecule has 0 aliphatic carbocycles. The standard InChI is InChI=1S/C11H18Cl3NO3/c1-5-6(2)8(4-16)17-9(7(5)3)18-10(15)11(12,13)14/h5-9,15-16H,4H2,1-3H3/t5?,6-,7?,8?,9+/m0/s1. The second-order valence-electron chi connectivity index (χ2n) is 4.75. The van der Waals surface area contributed by atoms with Gasteiger partial charge in [0.2, 0.25) is 12.2 Å². The van der Waals surface area contributed by atoms with Gasteiger partial charge in [-0.2, -0.15) is 0 Å². The van der Waals surface area contributed by atoms with E-state index in [1.54, 1.807) is 0 Å². The van der Waals surface area contributed by atoms with Gasteiger partial charge >= 0.3 is 0 Å². The molecule has 2 N–H and O–H groups in total. The maximum absolute atomic E-state index is 9.26. The number of hydrogen-bond acceptors (Lipinski definition) is 4. The molecule has 4 nitrogen and oxygen atoms in total. The van der Waals surface area contributed by atoms with Crippen LogP contribution in [0.1, 0.15) is 20.8 Å². The van der Waals surface area contributed by atoms with Crippen molar-refractivity contribution in [3.63, 3.8) is 0 Å². The first kappa shape index (κ1) is 16.3. The van der Waals surface area contributed by atoms with E-state index in [0.29, 0.717) is 0 Å². The molecule has 106 valence electrons. The average molecular weight is 319 g/mol. The molecular weight excluding hydrogens is 300 g/mol. The van der Waals surface area contributed by atoms with Crippen molar-refractivity contribution in [2.75, 3.05) is 6.61 Å². The molecule has 0 aromatic rings. The van der Waals surface area contributed by atoms with Gasteiger partial charge in [-0.15, -0.1) is 0 Å². The summed E-state index contributed by atoms with van der Waals surface area (Å²) in [5.41, 5.74) is 0. The van der Waals surface area contributed by atoms with Crippen molar-refractivity contribution in [3.8, 4) is 0 Å². The molecule has 7 heteroatoms. The predicted octanol–water partition coefficient (Wildman–Crippen LogP) is 2.98. The number of halogens is 3. The lowest BCUT2D eigenvalue weighted by atomic mass is 9.79. The molecule has 18 heavy (non-hydrogen) atoms. The van der Waals surface area contributed by atoms with E-state index in [4.69, 9.17) is 49.7 Å². The maximum Gasteiger partial charge on any atom is 0.265 e. The average Bonchev–Trinajstić information content (AvgIpc) is 2.28. The van der Waals surface area contributed by atoms with Crippen LogP contribution < -0.4 is 0 Å². The van der Waals surface area contributed by atoms with E-state index in [1.807, 2.05) is 13.8 Å². The lowest BCUT2D eigenvalue weighted by Gasteiger charge is -2.42. The van der Waals surface area contributed by atoms with Crippen LogP contribution in [-0.2, 0) is 9.47 Å². The van der Waals surface area contributed by atoms with Crippen LogP contribution in [0.15, 0.2) is 0 Å².